The first-order chi connectivity index (χ1) is 6.24. The van der Waals surface area contributed by atoms with E-state index in [9.17, 15) is 4.79 Å². The van der Waals surface area contributed by atoms with E-state index < -0.39 is 0 Å². The molecule has 0 aromatic rings. The smallest absolute Gasteiger partial charge is 0.161 e. The van der Waals surface area contributed by atoms with Crippen LogP contribution < -0.4 is 5.73 Å². The van der Waals surface area contributed by atoms with Crippen molar-refractivity contribution < 1.29 is 9.53 Å². The van der Waals surface area contributed by atoms with Gasteiger partial charge in [0.25, 0.3) is 0 Å². The number of carbonyl (C=O) groups is 1. The lowest BCUT2D eigenvalue weighted by molar-refractivity contribution is -0.128. The molecule has 2 N–H and O–H groups in total. The molecule has 1 fully saturated rings. The molecule has 3 heteroatoms. The van der Waals surface area contributed by atoms with Crippen LogP contribution in [0, 0.1) is 5.92 Å². The first kappa shape index (κ1) is 10.7. The molecule has 0 radical (unpaired) electrons. The molecule has 3 nitrogen and oxygen atoms in total. The van der Waals surface area contributed by atoms with Crippen LogP contribution in [0.15, 0.2) is 0 Å². The van der Waals surface area contributed by atoms with Crippen LogP contribution in [-0.4, -0.2) is 25.0 Å². The molecule has 0 aliphatic heterocycles. The summed E-state index contributed by atoms with van der Waals surface area (Å²) in [6, 6.07) is 0.316. The second-order valence-electron chi connectivity index (χ2n) is 3.72. The highest BCUT2D eigenvalue weighted by Crippen LogP contribution is 2.23. The predicted octanol–water partition coefficient (Wildman–Crippen LogP) is 1.11. The maximum absolute atomic E-state index is 11.5. The lowest BCUT2D eigenvalue weighted by atomic mass is 9.84. The van der Waals surface area contributed by atoms with Gasteiger partial charge in [-0.15, -0.1) is 0 Å². The minimum Gasteiger partial charge on any atom is -0.374 e. The van der Waals surface area contributed by atoms with Crippen LogP contribution in [0.1, 0.15) is 32.6 Å². The van der Waals surface area contributed by atoms with Crippen molar-refractivity contribution in [2.45, 2.75) is 38.6 Å². The third-order valence-electron chi connectivity index (χ3n) is 2.68. The Morgan fingerprint density at radius 2 is 2.00 bits per heavy atom. The van der Waals surface area contributed by atoms with Crippen LogP contribution in [0.2, 0.25) is 0 Å². The number of Topliss-reactive ketones (excluding diaryl/α,β-unsaturated/α-hetero) is 1. The first-order valence-corrected chi connectivity index (χ1v) is 5.10. The van der Waals surface area contributed by atoms with Crippen molar-refractivity contribution in [2.75, 3.05) is 13.2 Å². The van der Waals surface area contributed by atoms with Crippen molar-refractivity contribution >= 4 is 5.78 Å². The van der Waals surface area contributed by atoms with Crippen molar-refractivity contribution in [1.82, 2.24) is 0 Å². The lowest BCUT2D eigenvalue weighted by Gasteiger charge is -2.24. The van der Waals surface area contributed by atoms with E-state index in [1.807, 2.05) is 6.92 Å². The Morgan fingerprint density at radius 1 is 1.38 bits per heavy atom. The van der Waals surface area contributed by atoms with Gasteiger partial charge in [-0.05, 0) is 32.6 Å². The molecule has 0 atom stereocenters. The highest BCUT2D eigenvalue weighted by atomic mass is 16.5. The Balaban J connectivity index is 2.23. The van der Waals surface area contributed by atoms with Gasteiger partial charge in [-0.3, -0.25) is 4.79 Å². The maximum atomic E-state index is 11.5. The lowest BCUT2D eigenvalue weighted by Crippen LogP contribution is -2.31. The zero-order valence-electron chi connectivity index (χ0n) is 8.29. The van der Waals surface area contributed by atoms with Crippen LogP contribution in [0.4, 0.5) is 0 Å². The molecule has 0 bridgehead atoms. The molecule has 0 spiro atoms. The third kappa shape index (κ3) is 3.44. The van der Waals surface area contributed by atoms with E-state index in [1.165, 1.54) is 0 Å². The Labute approximate surface area is 79.6 Å². The van der Waals surface area contributed by atoms with Crippen molar-refractivity contribution in [3.8, 4) is 0 Å². The normalized spacial score (nSPS) is 28.8. The van der Waals surface area contributed by atoms with Gasteiger partial charge in [0.15, 0.2) is 5.78 Å². The predicted molar refractivity (Wildman–Crippen MR) is 51.4 cm³/mol. The molecule has 0 aromatic heterocycles. The van der Waals surface area contributed by atoms with Gasteiger partial charge in [0.1, 0.15) is 6.61 Å². The van der Waals surface area contributed by atoms with E-state index in [2.05, 4.69) is 0 Å². The quantitative estimate of drug-likeness (QED) is 0.713. The summed E-state index contributed by atoms with van der Waals surface area (Å²) in [4.78, 5) is 11.5. The molecule has 13 heavy (non-hydrogen) atoms. The van der Waals surface area contributed by atoms with Crippen LogP contribution >= 0.6 is 0 Å². The van der Waals surface area contributed by atoms with Gasteiger partial charge < -0.3 is 10.5 Å². The molecule has 0 unspecified atom stereocenters. The van der Waals surface area contributed by atoms with Gasteiger partial charge in [-0.2, -0.15) is 0 Å². The topological polar surface area (TPSA) is 52.3 Å². The van der Waals surface area contributed by atoms with E-state index in [4.69, 9.17) is 10.5 Å². The minimum absolute atomic E-state index is 0.214. The molecule has 76 valence electrons. The minimum atomic E-state index is 0.214. The zero-order valence-corrected chi connectivity index (χ0v) is 8.29. The van der Waals surface area contributed by atoms with Gasteiger partial charge in [-0.1, -0.05) is 0 Å². The molecule has 1 aliphatic carbocycles. The van der Waals surface area contributed by atoms with Crippen LogP contribution in [0.5, 0.6) is 0 Å². The summed E-state index contributed by atoms with van der Waals surface area (Å²) in [6.45, 7) is 2.82. The second-order valence-corrected chi connectivity index (χ2v) is 3.72. The van der Waals surface area contributed by atoms with Crippen molar-refractivity contribution in [2.24, 2.45) is 11.7 Å². The number of ether oxygens (including phenoxy) is 1. The molecule has 0 aromatic carbocycles. The second kappa shape index (κ2) is 5.35. The molecule has 0 saturated heterocycles. The Hall–Kier alpha value is -0.410. The molecule has 1 rings (SSSR count). The number of hydrogen-bond donors (Lipinski definition) is 1. The molecule has 0 amide bonds. The Kier molecular flexibility index (Phi) is 4.39. The fourth-order valence-electron chi connectivity index (χ4n) is 1.76. The summed E-state index contributed by atoms with van der Waals surface area (Å²) >= 11 is 0. The Morgan fingerprint density at radius 3 is 2.54 bits per heavy atom. The average Bonchev–Trinajstić information content (AvgIpc) is 2.15. The average molecular weight is 185 g/mol. The van der Waals surface area contributed by atoms with Crippen LogP contribution in [-0.2, 0) is 9.53 Å². The van der Waals surface area contributed by atoms with Gasteiger partial charge >= 0.3 is 0 Å². The summed E-state index contributed by atoms with van der Waals surface area (Å²) in [5, 5.41) is 0. The SMILES string of the molecule is CCOCC(=O)C1CCC(N)CC1. The summed E-state index contributed by atoms with van der Waals surface area (Å²) < 4.78 is 5.09. The Bertz CT molecular complexity index is 162. The zero-order chi connectivity index (χ0) is 9.68. The van der Waals surface area contributed by atoms with E-state index in [1.54, 1.807) is 0 Å². The van der Waals surface area contributed by atoms with E-state index in [0.29, 0.717) is 12.6 Å². The summed E-state index contributed by atoms with van der Waals surface area (Å²) in [7, 11) is 0. The highest BCUT2D eigenvalue weighted by Gasteiger charge is 2.23. The van der Waals surface area contributed by atoms with E-state index in [0.717, 1.165) is 25.7 Å². The summed E-state index contributed by atoms with van der Waals surface area (Å²) in [5.41, 5.74) is 5.75. The van der Waals surface area contributed by atoms with E-state index in [-0.39, 0.29) is 18.3 Å². The fourth-order valence-corrected chi connectivity index (χ4v) is 1.76. The van der Waals surface area contributed by atoms with Gasteiger partial charge in [0.05, 0.1) is 0 Å². The monoisotopic (exact) mass is 185 g/mol. The molecule has 1 saturated carbocycles. The summed E-state index contributed by atoms with van der Waals surface area (Å²) in [6.07, 6.45) is 3.88. The number of rotatable bonds is 4. The van der Waals surface area contributed by atoms with Crippen molar-refractivity contribution in [1.29, 1.82) is 0 Å². The van der Waals surface area contributed by atoms with Gasteiger partial charge in [-0.25, -0.2) is 0 Å². The van der Waals surface area contributed by atoms with E-state index >= 15 is 0 Å². The molecular weight excluding hydrogens is 166 g/mol. The number of ketones is 1. The standard InChI is InChI=1S/C10H19NO2/c1-2-13-7-10(12)8-3-5-9(11)6-4-8/h8-9H,2-7,11H2,1H3. The number of hydrogen-bond acceptors (Lipinski definition) is 3. The fraction of sp³-hybridized carbons (Fsp3) is 0.900. The number of carbonyl (C=O) groups excluding carboxylic acids is 1. The largest absolute Gasteiger partial charge is 0.374 e. The third-order valence-corrected chi connectivity index (χ3v) is 2.68. The highest BCUT2D eigenvalue weighted by molar-refractivity contribution is 5.82. The number of nitrogens with two attached hydrogens (primary N) is 1. The van der Waals surface area contributed by atoms with Crippen molar-refractivity contribution in [3.05, 3.63) is 0 Å². The van der Waals surface area contributed by atoms with Crippen molar-refractivity contribution in [3.63, 3.8) is 0 Å². The van der Waals surface area contributed by atoms with Gasteiger partial charge in [0, 0.05) is 18.6 Å². The van der Waals surface area contributed by atoms with Gasteiger partial charge in [0.2, 0.25) is 0 Å². The van der Waals surface area contributed by atoms with Crippen LogP contribution in [0.25, 0.3) is 0 Å². The molecule has 0 heterocycles. The first-order valence-electron chi connectivity index (χ1n) is 5.10. The summed E-state index contributed by atoms with van der Waals surface area (Å²) in [5.74, 6) is 0.472. The molecular formula is C10H19NO2. The van der Waals surface area contributed by atoms with Crippen LogP contribution in [0.3, 0.4) is 0 Å². The maximum Gasteiger partial charge on any atom is 0.161 e. The molecule has 1 aliphatic rings.